The Labute approximate surface area is 137 Å². The molecule has 1 heterocycles. The van der Waals surface area contributed by atoms with Crippen LogP contribution >= 0.6 is 0 Å². The summed E-state index contributed by atoms with van der Waals surface area (Å²) in [7, 11) is 1.93. The Morgan fingerprint density at radius 3 is 2.50 bits per heavy atom. The van der Waals surface area contributed by atoms with Crippen LogP contribution in [0, 0.1) is 0 Å². The van der Waals surface area contributed by atoms with E-state index in [9.17, 15) is 9.90 Å². The zero-order chi connectivity index (χ0) is 16.7. The van der Waals surface area contributed by atoms with E-state index in [0.717, 1.165) is 16.9 Å². The van der Waals surface area contributed by atoms with Gasteiger partial charge in [-0.3, -0.25) is 4.79 Å². The van der Waals surface area contributed by atoms with E-state index in [0.29, 0.717) is 17.0 Å². The van der Waals surface area contributed by atoms with Crippen molar-refractivity contribution in [1.82, 2.24) is 4.98 Å². The van der Waals surface area contributed by atoms with E-state index in [1.54, 1.807) is 18.2 Å². The highest BCUT2D eigenvalue weighted by atomic mass is 16.3. The molecule has 2 aromatic carbocycles. The van der Waals surface area contributed by atoms with Gasteiger partial charge in [0.1, 0.15) is 17.0 Å². The van der Waals surface area contributed by atoms with E-state index in [4.69, 9.17) is 4.42 Å². The van der Waals surface area contributed by atoms with Crippen LogP contribution in [0.4, 0.5) is 11.4 Å². The zero-order valence-electron chi connectivity index (χ0n) is 12.9. The van der Waals surface area contributed by atoms with Gasteiger partial charge in [0.2, 0.25) is 0 Å². The highest BCUT2D eigenvalue weighted by Crippen LogP contribution is 2.30. The molecule has 0 saturated heterocycles. The fraction of sp³-hybridized carbons (Fsp3) is 0.0526. The molecular weight excluding hydrogens is 304 g/mol. The molecule has 24 heavy (non-hydrogen) atoms. The summed E-state index contributed by atoms with van der Waals surface area (Å²) in [5.74, 6) is 0.698. The topological polar surface area (TPSA) is 66.6 Å². The van der Waals surface area contributed by atoms with Crippen molar-refractivity contribution in [2.24, 2.45) is 0 Å². The van der Waals surface area contributed by atoms with Gasteiger partial charge in [0.15, 0.2) is 16.8 Å². The lowest BCUT2D eigenvalue weighted by atomic mass is 10.2. The maximum atomic E-state index is 11.5. The number of phenols is 1. The molecule has 5 nitrogen and oxygen atoms in total. The van der Waals surface area contributed by atoms with Crippen LogP contribution in [0.2, 0.25) is 0 Å². The first-order chi connectivity index (χ1) is 11.6. The number of rotatable bonds is 2. The summed E-state index contributed by atoms with van der Waals surface area (Å²) >= 11 is 0. The second kappa shape index (κ2) is 5.38. The number of phenolic OH excluding ortho intramolecular Hbond substituents is 1. The van der Waals surface area contributed by atoms with Crippen LogP contribution in [0.25, 0.3) is 22.6 Å². The van der Waals surface area contributed by atoms with Gasteiger partial charge >= 0.3 is 0 Å². The van der Waals surface area contributed by atoms with Crippen LogP contribution in [0.3, 0.4) is 0 Å². The predicted octanol–water partition coefficient (Wildman–Crippen LogP) is 3.77. The minimum atomic E-state index is -0.107. The molecule has 0 saturated carbocycles. The third kappa shape index (κ3) is 2.46. The Hall–Kier alpha value is -3.34. The average Bonchev–Trinajstić information content (AvgIpc) is 2.59. The second-order valence-electron chi connectivity index (χ2n) is 5.57. The lowest BCUT2D eigenvalue weighted by Gasteiger charge is -2.20. The highest BCUT2D eigenvalue weighted by Gasteiger charge is 2.11. The lowest BCUT2D eigenvalue weighted by molar-refractivity contribution is 0.475. The normalized spacial score (nSPS) is 11.0. The summed E-state index contributed by atoms with van der Waals surface area (Å²) in [6.07, 6.45) is 0. The van der Waals surface area contributed by atoms with Gasteiger partial charge in [-0.1, -0.05) is 0 Å². The summed E-state index contributed by atoms with van der Waals surface area (Å²) in [6.45, 7) is 0. The Balaban J connectivity index is 1.82. The molecule has 4 rings (SSSR count). The molecule has 0 spiro atoms. The van der Waals surface area contributed by atoms with Gasteiger partial charge in [-0.15, -0.1) is 0 Å². The maximum Gasteiger partial charge on any atom is 0.182 e. The van der Waals surface area contributed by atoms with Crippen molar-refractivity contribution in [3.63, 3.8) is 0 Å². The largest absolute Gasteiger partial charge is 0.508 e. The Kier molecular flexibility index (Phi) is 3.20. The molecule has 0 radical (unpaired) electrons. The summed E-state index contributed by atoms with van der Waals surface area (Å²) in [5, 5.41) is 9.41. The fourth-order valence-corrected chi connectivity index (χ4v) is 2.63. The number of fused-ring (bicyclic) bond motifs is 2. The Morgan fingerprint density at radius 2 is 1.71 bits per heavy atom. The van der Waals surface area contributed by atoms with Crippen LogP contribution in [0.15, 0.2) is 69.9 Å². The first-order valence-electron chi connectivity index (χ1n) is 7.48. The fourth-order valence-electron chi connectivity index (χ4n) is 2.63. The minimum Gasteiger partial charge on any atom is -0.508 e. The van der Waals surface area contributed by atoms with E-state index in [1.807, 2.05) is 42.3 Å². The molecule has 2 aliphatic rings. The number of benzene rings is 3. The van der Waals surface area contributed by atoms with Gasteiger partial charge < -0.3 is 14.4 Å². The molecule has 0 atom stereocenters. The molecule has 1 N–H and O–H groups in total. The predicted molar refractivity (Wildman–Crippen MR) is 93.1 cm³/mol. The molecule has 118 valence electrons. The number of hydrogen-bond acceptors (Lipinski definition) is 5. The van der Waals surface area contributed by atoms with E-state index >= 15 is 0 Å². The molecule has 1 aliphatic heterocycles. The van der Waals surface area contributed by atoms with Crippen molar-refractivity contribution in [2.45, 2.75) is 0 Å². The number of hydrogen-bond donors (Lipinski definition) is 1. The zero-order valence-corrected chi connectivity index (χ0v) is 12.9. The van der Waals surface area contributed by atoms with Gasteiger partial charge in [0.05, 0.1) is 0 Å². The van der Waals surface area contributed by atoms with Gasteiger partial charge in [0, 0.05) is 30.6 Å². The molecule has 5 heteroatoms. The molecule has 0 bridgehead atoms. The van der Waals surface area contributed by atoms with Crippen LogP contribution < -0.4 is 10.3 Å². The third-order valence-corrected chi connectivity index (χ3v) is 3.96. The van der Waals surface area contributed by atoms with Crippen LogP contribution in [0.5, 0.6) is 5.75 Å². The highest BCUT2D eigenvalue weighted by molar-refractivity contribution is 5.81. The molecular formula is C19H14N2O3. The number of anilines is 2. The first-order valence-corrected chi connectivity index (χ1v) is 7.48. The van der Waals surface area contributed by atoms with Crippen molar-refractivity contribution in [2.75, 3.05) is 11.9 Å². The Bertz CT molecular complexity index is 1050. The molecule has 2 aromatic rings. The van der Waals surface area contributed by atoms with E-state index in [1.165, 1.54) is 12.1 Å². The summed E-state index contributed by atoms with van der Waals surface area (Å²) in [5.41, 5.74) is 3.73. The summed E-state index contributed by atoms with van der Waals surface area (Å²) in [4.78, 5) is 18.0. The van der Waals surface area contributed by atoms with Crippen molar-refractivity contribution < 1.29 is 9.52 Å². The van der Waals surface area contributed by atoms with Gasteiger partial charge in [-0.05, 0) is 48.5 Å². The number of aromatic nitrogens is 1. The summed E-state index contributed by atoms with van der Waals surface area (Å²) < 4.78 is 5.84. The van der Waals surface area contributed by atoms with Crippen LogP contribution in [-0.4, -0.2) is 17.1 Å². The van der Waals surface area contributed by atoms with Gasteiger partial charge in [-0.25, -0.2) is 4.98 Å². The molecule has 0 amide bonds. The van der Waals surface area contributed by atoms with E-state index in [-0.39, 0.29) is 11.2 Å². The van der Waals surface area contributed by atoms with E-state index < -0.39 is 0 Å². The molecule has 0 unspecified atom stereocenters. The third-order valence-electron chi connectivity index (χ3n) is 3.96. The standard InChI is InChI=1S/C19H14N2O3/c1-21(12-2-5-14(22)6-3-12)13-4-8-16-18(10-13)24-19-11-15(23)7-9-17(19)20-16/h2-11,22H,1H3. The minimum absolute atomic E-state index is 0.107. The van der Waals surface area contributed by atoms with Gasteiger partial charge in [0.25, 0.3) is 0 Å². The quantitative estimate of drug-likeness (QED) is 0.570. The monoisotopic (exact) mass is 318 g/mol. The Morgan fingerprint density at radius 1 is 0.958 bits per heavy atom. The molecule has 1 aliphatic carbocycles. The first kappa shape index (κ1) is 14.3. The molecule has 0 aromatic heterocycles. The van der Waals surface area contributed by atoms with Crippen molar-refractivity contribution in [1.29, 1.82) is 0 Å². The summed E-state index contributed by atoms with van der Waals surface area (Å²) in [6, 6.07) is 17.2. The smallest absolute Gasteiger partial charge is 0.182 e. The van der Waals surface area contributed by atoms with Crippen LogP contribution in [0.1, 0.15) is 0 Å². The van der Waals surface area contributed by atoms with Crippen molar-refractivity contribution in [3.8, 4) is 17.2 Å². The average molecular weight is 318 g/mol. The van der Waals surface area contributed by atoms with E-state index in [2.05, 4.69) is 4.98 Å². The van der Waals surface area contributed by atoms with Crippen molar-refractivity contribution >= 4 is 22.5 Å². The van der Waals surface area contributed by atoms with Crippen molar-refractivity contribution in [3.05, 3.63) is 70.9 Å². The molecule has 0 fully saturated rings. The maximum absolute atomic E-state index is 11.5. The number of aromatic hydroxyl groups is 1. The lowest BCUT2D eigenvalue weighted by Crippen LogP contribution is -2.09. The SMILES string of the molecule is CN(c1ccc(O)cc1)c1ccc2nc3ccc(=O)cc-3oc2c1. The second-order valence-corrected chi connectivity index (χ2v) is 5.57. The number of nitrogens with zero attached hydrogens (tertiary/aromatic N) is 2. The van der Waals surface area contributed by atoms with Gasteiger partial charge in [-0.2, -0.15) is 0 Å². The van der Waals surface area contributed by atoms with Crippen LogP contribution in [-0.2, 0) is 0 Å².